The lowest BCUT2D eigenvalue weighted by molar-refractivity contribution is 0.435. The van der Waals surface area contributed by atoms with E-state index < -0.39 is 5.82 Å². The summed E-state index contributed by atoms with van der Waals surface area (Å²) >= 11 is 0. The van der Waals surface area contributed by atoms with Crippen LogP contribution < -0.4 is 20.7 Å². The number of nitriles is 1. The zero-order valence-electron chi connectivity index (χ0n) is 18.6. The van der Waals surface area contributed by atoms with Crippen molar-refractivity contribution in [3.8, 4) is 17.8 Å². The second kappa shape index (κ2) is 7.50. The van der Waals surface area contributed by atoms with Crippen LogP contribution in [0.3, 0.4) is 0 Å². The van der Waals surface area contributed by atoms with Crippen molar-refractivity contribution in [2.24, 2.45) is 11.7 Å². The summed E-state index contributed by atoms with van der Waals surface area (Å²) in [5, 5.41) is 13.8. The van der Waals surface area contributed by atoms with Gasteiger partial charge in [0.25, 0.3) is 0 Å². The molecule has 3 unspecified atom stereocenters. The number of aryl methyl sites for hydroxylation is 1. The predicted octanol–water partition coefficient (Wildman–Crippen LogP) is 2.98. The summed E-state index contributed by atoms with van der Waals surface area (Å²) in [4.78, 5) is 23.1. The van der Waals surface area contributed by atoms with Crippen LogP contribution in [0.2, 0.25) is 0 Å². The molecule has 3 atom stereocenters. The Morgan fingerprint density at radius 1 is 1.26 bits per heavy atom. The summed E-state index contributed by atoms with van der Waals surface area (Å²) in [6.07, 6.45) is 4.93. The molecular formula is C23H22FN9O. The lowest BCUT2D eigenvalue weighted by atomic mass is 10.0. The second-order valence-electron chi connectivity index (χ2n) is 8.84. The fourth-order valence-corrected chi connectivity index (χ4v) is 5.25. The molecule has 4 heterocycles. The van der Waals surface area contributed by atoms with E-state index >= 15 is 0 Å². The number of piperidine rings is 1. The molecule has 3 aromatic heterocycles. The summed E-state index contributed by atoms with van der Waals surface area (Å²) in [5.41, 5.74) is 7.80. The maximum Gasteiger partial charge on any atom is 0.326 e. The molecule has 0 radical (unpaired) electrons. The standard InChI is InChI=1S/C23H22FN9O/c1-10-28-7-13(8-29-10)34-23-31-21-19(22(32-23)33-9-11-3-12(33)4-16(11)26)18-14(6-25)15(24)5-17(27-2)20(18)30-21/h5,7-8,11-12,16,27H,3-4,9,26H2,1-2H3,(H,30,31,32). The Balaban J connectivity index is 1.60. The van der Waals surface area contributed by atoms with Crippen molar-refractivity contribution in [1.29, 1.82) is 5.26 Å². The largest absolute Gasteiger partial charge is 0.421 e. The Kier molecular flexibility index (Phi) is 4.53. The maximum atomic E-state index is 14.9. The van der Waals surface area contributed by atoms with Crippen molar-refractivity contribution >= 4 is 33.4 Å². The average molecular weight is 459 g/mol. The van der Waals surface area contributed by atoms with Gasteiger partial charge < -0.3 is 25.7 Å². The number of rotatable bonds is 4. The quantitative estimate of drug-likeness (QED) is 0.420. The highest BCUT2D eigenvalue weighted by molar-refractivity contribution is 6.17. The van der Waals surface area contributed by atoms with Crippen LogP contribution in [0.1, 0.15) is 24.2 Å². The number of hydrogen-bond acceptors (Lipinski definition) is 9. The fraction of sp³-hybridized carbons (Fsp3) is 0.348. The molecule has 10 nitrogen and oxygen atoms in total. The number of ether oxygens (including phenoxy) is 1. The van der Waals surface area contributed by atoms with Crippen LogP contribution in [0.25, 0.3) is 21.9 Å². The molecule has 4 N–H and O–H groups in total. The van der Waals surface area contributed by atoms with Crippen LogP contribution in [-0.4, -0.2) is 50.6 Å². The molecule has 0 amide bonds. The normalized spacial score (nSPS) is 21.4. The van der Waals surface area contributed by atoms with Crippen LogP contribution in [0.4, 0.5) is 15.9 Å². The van der Waals surface area contributed by atoms with Gasteiger partial charge in [0.15, 0.2) is 5.75 Å². The van der Waals surface area contributed by atoms with Gasteiger partial charge in [0.2, 0.25) is 0 Å². The van der Waals surface area contributed by atoms with Gasteiger partial charge in [-0.15, -0.1) is 0 Å². The molecule has 1 aromatic carbocycles. The van der Waals surface area contributed by atoms with Gasteiger partial charge in [-0.2, -0.15) is 15.2 Å². The lowest BCUT2D eigenvalue weighted by Crippen LogP contribution is -2.41. The van der Waals surface area contributed by atoms with Crippen molar-refractivity contribution in [3.05, 3.63) is 35.7 Å². The van der Waals surface area contributed by atoms with Gasteiger partial charge >= 0.3 is 6.01 Å². The Labute approximate surface area is 194 Å². The highest BCUT2D eigenvalue weighted by Gasteiger charge is 2.44. The van der Waals surface area contributed by atoms with Crippen molar-refractivity contribution < 1.29 is 9.13 Å². The predicted molar refractivity (Wildman–Crippen MR) is 124 cm³/mol. The number of nitrogens with one attached hydrogen (secondary N) is 2. The molecule has 0 spiro atoms. The number of nitrogens with zero attached hydrogens (tertiary/aromatic N) is 6. The maximum absolute atomic E-state index is 14.9. The Hall–Kier alpha value is -4.04. The van der Waals surface area contributed by atoms with Crippen LogP contribution in [0.15, 0.2) is 18.5 Å². The number of H-pyrrole nitrogens is 1. The van der Waals surface area contributed by atoms with E-state index in [1.807, 2.05) is 6.07 Å². The van der Waals surface area contributed by atoms with Gasteiger partial charge in [-0.05, 0) is 25.7 Å². The lowest BCUT2D eigenvalue weighted by Gasteiger charge is -2.31. The smallest absolute Gasteiger partial charge is 0.326 e. The van der Waals surface area contributed by atoms with Gasteiger partial charge in [-0.1, -0.05) is 0 Å². The fourth-order valence-electron chi connectivity index (χ4n) is 5.25. The van der Waals surface area contributed by atoms with Gasteiger partial charge in [-0.25, -0.2) is 14.4 Å². The number of benzene rings is 1. The third-order valence-electron chi connectivity index (χ3n) is 6.86. The summed E-state index contributed by atoms with van der Waals surface area (Å²) in [6.45, 7) is 2.51. The van der Waals surface area contributed by atoms with E-state index in [0.29, 0.717) is 50.9 Å². The van der Waals surface area contributed by atoms with Crippen molar-refractivity contribution in [1.82, 2.24) is 24.9 Å². The molecule has 2 aliphatic rings. The highest BCUT2D eigenvalue weighted by atomic mass is 19.1. The first-order chi connectivity index (χ1) is 16.5. The molecule has 1 aliphatic heterocycles. The Bertz CT molecular complexity index is 1470. The molecule has 4 aromatic rings. The first kappa shape index (κ1) is 20.6. The van der Waals surface area contributed by atoms with E-state index in [9.17, 15) is 9.65 Å². The second-order valence-corrected chi connectivity index (χ2v) is 8.84. The van der Waals surface area contributed by atoms with E-state index in [1.165, 1.54) is 6.07 Å². The Morgan fingerprint density at radius 2 is 2.06 bits per heavy atom. The molecule has 1 aliphatic carbocycles. The molecule has 1 saturated carbocycles. The summed E-state index contributed by atoms with van der Waals surface area (Å²) in [6, 6.07) is 3.81. The van der Waals surface area contributed by atoms with Crippen molar-refractivity contribution in [3.63, 3.8) is 0 Å². The summed E-state index contributed by atoms with van der Waals surface area (Å²) in [7, 11) is 1.70. The zero-order valence-corrected chi connectivity index (χ0v) is 18.6. The molecular weight excluding hydrogens is 437 g/mol. The monoisotopic (exact) mass is 459 g/mol. The summed E-state index contributed by atoms with van der Waals surface area (Å²) in [5.74, 6) is 1.37. The third kappa shape index (κ3) is 3.03. The minimum atomic E-state index is -0.603. The number of aromatic amines is 1. The molecule has 34 heavy (non-hydrogen) atoms. The summed E-state index contributed by atoms with van der Waals surface area (Å²) < 4.78 is 20.8. The van der Waals surface area contributed by atoms with Gasteiger partial charge in [0.05, 0.1) is 34.5 Å². The number of nitrogens with two attached hydrogens (primary N) is 1. The van der Waals surface area contributed by atoms with E-state index in [1.54, 1.807) is 26.4 Å². The van der Waals surface area contributed by atoms with Crippen LogP contribution >= 0.6 is 0 Å². The minimum absolute atomic E-state index is 0.0493. The van der Waals surface area contributed by atoms with E-state index in [0.717, 1.165) is 19.4 Å². The van der Waals surface area contributed by atoms with Gasteiger partial charge in [0, 0.05) is 37.1 Å². The number of anilines is 2. The van der Waals surface area contributed by atoms with E-state index in [4.69, 9.17) is 15.5 Å². The SMILES string of the molecule is CNc1cc(F)c(C#N)c2c1[nH]c1nc(Oc3cnc(C)nc3)nc(N3CC4CC3CC4N)c12. The third-order valence-corrected chi connectivity index (χ3v) is 6.86. The first-order valence-electron chi connectivity index (χ1n) is 11.1. The van der Waals surface area contributed by atoms with Gasteiger partial charge in [-0.3, -0.25) is 0 Å². The van der Waals surface area contributed by atoms with E-state index in [-0.39, 0.29) is 23.7 Å². The van der Waals surface area contributed by atoms with Gasteiger partial charge in [0.1, 0.15) is 29.2 Å². The Morgan fingerprint density at radius 3 is 2.71 bits per heavy atom. The molecule has 6 rings (SSSR count). The van der Waals surface area contributed by atoms with Crippen molar-refractivity contribution in [2.45, 2.75) is 31.8 Å². The van der Waals surface area contributed by atoms with Crippen LogP contribution in [-0.2, 0) is 0 Å². The topological polar surface area (TPSA) is 142 Å². The molecule has 2 bridgehead atoms. The van der Waals surface area contributed by atoms with Crippen LogP contribution in [0, 0.1) is 30.0 Å². The number of fused-ring (bicyclic) bond motifs is 5. The number of aromatic nitrogens is 5. The molecule has 172 valence electrons. The average Bonchev–Trinajstić information content (AvgIpc) is 3.52. The first-order valence-corrected chi connectivity index (χ1v) is 11.1. The van der Waals surface area contributed by atoms with Crippen molar-refractivity contribution in [2.75, 3.05) is 23.8 Å². The number of halogens is 1. The number of hydrogen-bond donors (Lipinski definition) is 3. The van der Waals surface area contributed by atoms with Crippen LogP contribution in [0.5, 0.6) is 11.8 Å². The molecule has 1 saturated heterocycles. The molecule has 2 fully saturated rings. The van der Waals surface area contributed by atoms with E-state index in [2.05, 4.69) is 30.2 Å². The minimum Gasteiger partial charge on any atom is -0.421 e. The molecule has 11 heteroatoms. The highest BCUT2D eigenvalue weighted by Crippen LogP contribution is 2.45. The zero-order chi connectivity index (χ0) is 23.6.